The number of hydrogen-bond acceptors (Lipinski definition) is 4. The fourth-order valence-corrected chi connectivity index (χ4v) is 1.94. The first kappa shape index (κ1) is 12.8. The highest BCUT2D eigenvalue weighted by atomic mass is 35.5. The summed E-state index contributed by atoms with van der Waals surface area (Å²) in [4.78, 5) is 2.38. The van der Waals surface area contributed by atoms with Gasteiger partial charge in [0.2, 0.25) is 0 Å². The molecule has 1 saturated heterocycles. The Kier molecular flexibility index (Phi) is 4.76. The SMILES string of the molecule is CCC(Cl)c1cn(CCN2CCOCC2)nn1. The van der Waals surface area contributed by atoms with Crippen molar-refractivity contribution in [2.75, 3.05) is 32.8 Å². The van der Waals surface area contributed by atoms with Gasteiger partial charge in [0.1, 0.15) is 5.69 Å². The monoisotopic (exact) mass is 258 g/mol. The molecule has 1 aliphatic rings. The summed E-state index contributed by atoms with van der Waals surface area (Å²) in [7, 11) is 0. The average molecular weight is 259 g/mol. The van der Waals surface area contributed by atoms with E-state index >= 15 is 0 Å². The molecule has 0 aliphatic carbocycles. The van der Waals surface area contributed by atoms with E-state index in [1.54, 1.807) is 0 Å². The smallest absolute Gasteiger partial charge is 0.100 e. The summed E-state index contributed by atoms with van der Waals surface area (Å²) in [6.45, 7) is 7.59. The maximum atomic E-state index is 6.11. The average Bonchev–Trinajstić information content (AvgIpc) is 2.85. The van der Waals surface area contributed by atoms with Gasteiger partial charge in [-0.25, -0.2) is 0 Å². The van der Waals surface area contributed by atoms with Crippen molar-refractivity contribution in [3.63, 3.8) is 0 Å². The predicted octanol–water partition coefficient (Wildman–Crippen LogP) is 1.30. The topological polar surface area (TPSA) is 43.2 Å². The van der Waals surface area contributed by atoms with Crippen molar-refractivity contribution >= 4 is 11.6 Å². The molecule has 17 heavy (non-hydrogen) atoms. The number of hydrogen-bond donors (Lipinski definition) is 0. The van der Waals surface area contributed by atoms with Crippen molar-refractivity contribution in [2.45, 2.75) is 25.3 Å². The van der Waals surface area contributed by atoms with Gasteiger partial charge in [0.25, 0.3) is 0 Å². The Morgan fingerprint density at radius 2 is 2.18 bits per heavy atom. The molecule has 2 rings (SSSR count). The van der Waals surface area contributed by atoms with E-state index in [1.807, 2.05) is 17.8 Å². The molecule has 0 aromatic carbocycles. The van der Waals surface area contributed by atoms with Crippen LogP contribution in [0.5, 0.6) is 0 Å². The van der Waals surface area contributed by atoms with Gasteiger partial charge in [0.05, 0.1) is 25.1 Å². The van der Waals surface area contributed by atoms with Crippen molar-refractivity contribution < 1.29 is 4.74 Å². The molecule has 1 unspecified atom stereocenters. The Hall–Kier alpha value is -0.650. The van der Waals surface area contributed by atoms with Gasteiger partial charge < -0.3 is 4.74 Å². The van der Waals surface area contributed by atoms with E-state index in [4.69, 9.17) is 16.3 Å². The fraction of sp³-hybridized carbons (Fsp3) is 0.818. The van der Waals surface area contributed by atoms with Gasteiger partial charge in [-0.1, -0.05) is 12.1 Å². The first-order chi connectivity index (χ1) is 8.29. The van der Waals surface area contributed by atoms with Crippen molar-refractivity contribution in [3.05, 3.63) is 11.9 Å². The molecule has 1 atom stereocenters. The summed E-state index contributed by atoms with van der Waals surface area (Å²) in [5, 5.41) is 8.16. The molecule has 1 fully saturated rings. The van der Waals surface area contributed by atoms with E-state index in [0.717, 1.165) is 51.5 Å². The molecular formula is C11H19ClN4O. The number of ether oxygens (including phenoxy) is 1. The zero-order valence-corrected chi connectivity index (χ0v) is 10.9. The maximum Gasteiger partial charge on any atom is 0.100 e. The highest BCUT2D eigenvalue weighted by molar-refractivity contribution is 6.20. The lowest BCUT2D eigenvalue weighted by Gasteiger charge is -2.26. The zero-order chi connectivity index (χ0) is 12.1. The number of halogens is 1. The molecule has 2 heterocycles. The van der Waals surface area contributed by atoms with Crippen LogP contribution in [0.2, 0.25) is 0 Å². The third-order valence-electron chi connectivity index (χ3n) is 2.98. The highest BCUT2D eigenvalue weighted by Crippen LogP contribution is 2.20. The van der Waals surface area contributed by atoms with Crippen LogP contribution in [0.25, 0.3) is 0 Å². The maximum absolute atomic E-state index is 6.11. The molecule has 1 aromatic heterocycles. The zero-order valence-electron chi connectivity index (χ0n) is 10.2. The fourth-order valence-electron chi connectivity index (χ4n) is 1.84. The Balaban J connectivity index is 1.80. The molecule has 1 aliphatic heterocycles. The van der Waals surface area contributed by atoms with Crippen molar-refractivity contribution in [1.82, 2.24) is 19.9 Å². The second kappa shape index (κ2) is 6.33. The molecule has 6 heteroatoms. The standard InChI is InChI=1S/C11H19ClN4O/c1-2-10(12)11-9-16(14-13-11)4-3-15-5-7-17-8-6-15/h9-10H,2-8H2,1H3. The molecule has 0 N–H and O–H groups in total. The lowest BCUT2D eigenvalue weighted by molar-refractivity contribution is 0.0359. The van der Waals surface area contributed by atoms with Gasteiger partial charge in [-0.3, -0.25) is 9.58 Å². The van der Waals surface area contributed by atoms with Gasteiger partial charge >= 0.3 is 0 Å². The molecule has 0 bridgehead atoms. The van der Waals surface area contributed by atoms with Gasteiger partial charge in [-0.15, -0.1) is 16.7 Å². The van der Waals surface area contributed by atoms with Crippen molar-refractivity contribution in [2.24, 2.45) is 0 Å². The van der Waals surface area contributed by atoms with Crippen molar-refractivity contribution in [1.29, 1.82) is 0 Å². The number of rotatable bonds is 5. The molecule has 0 amide bonds. The van der Waals surface area contributed by atoms with Crippen LogP contribution in [-0.2, 0) is 11.3 Å². The lowest BCUT2D eigenvalue weighted by Crippen LogP contribution is -2.38. The minimum Gasteiger partial charge on any atom is -0.379 e. The Morgan fingerprint density at radius 3 is 2.88 bits per heavy atom. The third kappa shape index (κ3) is 3.66. The minimum atomic E-state index is -0.0212. The number of alkyl halides is 1. The Morgan fingerprint density at radius 1 is 1.41 bits per heavy atom. The summed E-state index contributed by atoms with van der Waals surface area (Å²) in [6, 6.07) is 0. The normalized spacial score (nSPS) is 19.4. The second-order valence-electron chi connectivity index (χ2n) is 4.24. The quantitative estimate of drug-likeness (QED) is 0.747. The van der Waals surface area contributed by atoms with E-state index in [2.05, 4.69) is 15.2 Å². The van der Waals surface area contributed by atoms with Crippen LogP contribution in [0.4, 0.5) is 0 Å². The van der Waals surface area contributed by atoms with Crippen LogP contribution in [0.1, 0.15) is 24.4 Å². The van der Waals surface area contributed by atoms with E-state index in [1.165, 1.54) is 0 Å². The van der Waals surface area contributed by atoms with Crippen LogP contribution in [-0.4, -0.2) is 52.7 Å². The summed E-state index contributed by atoms with van der Waals surface area (Å²) in [5.41, 5.74) is 0.871. The molecule has 96 valence electrons. The molecule has 1 aromatic rings. The Bertz CT molecular complexity index is 338. The van der Waals surface area contributed by atoms with E-state index in [0.29, 0.717) is 0 Å². The van der Waals surface area contributed by atoms with Crippen LogP contribution in [0.15, 0.2) is 6.20 Å². The molecule has 0 radical (unpaired) electrons. The summed E-state index contributed by atoms with van der Waals surface area (Å²) < 4.78 is 7.18. The summed E-state index contributed by atoms with van der Waals surface area (Å²) >= 11 is 6.11. The van der Waals surface area contributed by atoms with E-state index in [9.17, 15) is 0 Å². The first-order valence-corrected chi connectivity index (χ1v) is 6.57. The highest BCUT2D eigenvalue weighted by Gasteiger charge is 2.12. The number of nitrogens with zero attached hydrogens (tertiary/aromatic N) is 4. The molecule has 0 saturated carbocycles. The molecule has 5 nitrogen and oxygen atoms in total. The van der Waals surface area contributed by atoms with Gasteiger partial charge in [0, 0.05) is 25.8 Å². The van der Waals surface area contributed by atoms with Crippen molar-refractivity contribution in [3.8, 4) is 0 Å². The summed E-state index contributed by atoms with van der Waals surface area (Å²) in [5.74, 6) is 0. The van der Waals surface area contributed by atoms with Crippen LogP contribution >= 0.6 is 11.6 Å². The van der Waals surface area contributed by atoms with Crippen LogP contribution < -0.4 is 0 Å². The third-order valence-corrected chi connectivity index (χ3v) is 3.52. The molecule has 0 spiro atoms. The first-order valence-electron chi connectivity index (χ1n) is 6.13. The van der Waals surface area contributed by atoms with Crippen LogP contribution in [0.3, 0.4) is 0 Å². The van der Waals surface area contributed by atoms with Gasteiger partial charge in [-0.05, 0) is 6.42 Å². The number of morpholine rings is 1. The van der Waals surface area contributed by atoms with E-state index in [-0.39, 0.29) is 5.38 Å². The second-order valence-corrected chi connectivity index (χ2v) is 4.76. The predicted molar refractivity (Wildman–Crippen MR) is 66.2 cm³/mol. The minimum absolute atomic E-state index is 0.0212. The number of aromatic nitrogens is 3. The lowest BCUT2D eigenvalue weighted by atomic mass is 10.3. The van der Waals surface area contributed by atoms with E-state index < -0.39 is 0 Å². The summed E-state index contributed by atoms with van der Waals surface area (Å²) in [6.07, 6.45) is 2.82. The largest absolute Gasteiger partial charge is 0.379 e. The van der Waals surface area contributed by atoms with Gasteiger partial charge in [0.15, 0.2) is 0 Å². The van der Waals surface area contributed by atoms with Crippen LogP contribution in [0, 0.1) is 0 Å². The Labute approximate surface area is 107 Å². The van der Waals surface area contributed by atoms with Gasteiger partial charge in [-0.2, -0.15) is 0 Å². The molecular weight excluding hydrogens is 240 g/mol.